The predicted molar refractivity (Wildman–Crippen MR) is 83.4 cm³/mol. The molecule has 0 unspecified atom stereocenters. The van der Waals surface area contributed by atoms with Gasteiger partial charge in [0.05, 0.1) is 0 Å². The first-order valence-corrected chi connectivity index (χ1v) is 6.50. The van der Waals surface area contributed by atoms with E-state index in [1.807, 2.05) is 0 Å². The fourth-order valence-electron chi connectivity index (χ4n) is 2.47. The van der Waals surface area contributed by atoms with E-state index >= 15 is 0 Å². The second-order valence-corrected chi connectivity index (χ2v) is 4.75. The van der Waals surface area contributed by atoms with E-state index in [1.165, 1.54) is 6.07 Å². The summed E-state index contributed by atoms with van der Waals surface area (Å²) in [6.07, 6.45) is 0.876. The maximum Gasteiger partial charge on any atom is 0.129 e. The average molecular weight is 330 g/mol. The molecule has 6 heteroatoms. The summed E-state index contributed by atoms with van der Waals surface area (Å²) in [6.45, 7) is 5.90. The lowest BCUT2D eigenvalue weighted by atomic mass is 10.0. The topological polar surface area (TPSA) is 15.3 Å². The first-order chi connectivity index (χ1) is 8.24. The SMILES string of the molecule is CC[C@H](c1c(F)cccc1Cl)N1CCNCC1.Cl.Cl. The van der Waals surface area contributed by atoms with Gasteiger partial charge in [-0.05, 0) is 18.6 Å². The fourth-order valence-corrected chi connectivity index (χ4v) is 2.76. The Morgan fingerprint density at radius 2 is 1.95 bits per heavy atom. The lowest BCUT2D eigenvalue weighted by Crippen LogP contribution is -2.45. The molecule has 0 amide bonds. The molecular weight excluding hydrogens is 310 g/mol. The van der Waals surface area contributed by atoms with E-state index in [2.05, 4.69) is 17.1 Å². The van der Waals surface area contributed by atoms with Gasteiger partial charge in [0, 0.05) is 42.8 Å². The Morgan fingerprint density at radius 1 is 1.32 bits per heavy atom. The van der Waals surface area contributed by atoms with Crippen LogP contribution in [-0.4, -0.2) is 31.1 Å². The Bertz CT molecular complexity index is 364. The normalized spacial score (nSPS) is 17.2. The van der Waals surface area contributed by atoms with Crippen molar-refractivity contribution < 1.29 is 4.39 Å². The van der Waals surface area contributed by atoms with Crippen molar-refractivity contribution >= 4 is 36.4 Å². The van der Waals surface area contributed by atoms with E-state index in [0.29, 0.717) is 10.6 Å². The molecule has 1 aromatic rings. The number of piperazine rings is 1. The van der Waals surface area contributed by atoms with Crippen LogP contribution in [0.4, 0.5) is 4.39 Å². The van der Waals surface area contributed by atoms with Crippen LogP contribution < -0.4 is 5.32 Å². The summed E-state index contributed by atoms with van der Waals surface area (Å²) in [5.74, 6) is -0.192. The number of nitrogens with one attached hydrogen (secondary N) is 1. The molecule has 0 spiro atoms. The van der Waals surface area contributed by atoms with Crippen LogP contribution in [0.25, 0.3) is 0 Å². The van der Waals surface area contributed by atoms with E-state index < -0.39 is 0 Å². The monoisotopic (exact) mass is 328 g/mol. The highest BCUT2D eigenvalue weighted by atomic mass is 35.5. The van der Waals surface area contributed by atoms with Gasteiger partial charge in [-0.1, -0.05) is 24.6 Å². The quantitative estimate of drug-likeness (QED) is 0.910. The molecule has 0 aliphatic carbocycles. The van der Waals surface area contributed by atoms with Gasteiger partial charge in [0.1, 0.15) is 5.82 Å². The summed E-state index contributed by atoms with van der Waals surface area (Å²) in [6, 6.07) is 5.01. The number of rotatable bonds is 3. The first kappa shape index (κ1) is 18.9. The van der Waals surface area contributed by atoms with Gasteiger partial charge in [0.2, 0.25) is 0 Å². The van der Waals surface area contributed by atoms with Crippen molar-refractivity contribution in [3.8, 4) is 0 Å². The summed E-state index contributed by atoms with van der Waals surface area (Å²) in [4.78, 5) is 2.31. The van der Waals surface area contributed by atoms with Gasteiger partial charge >= 0.3 is 0 Å². The number of nitrogens with zero attached hydrogens (tertiary/aromatic N) is 1. The molecule has 0 saturated carbocycles. The van der Waals surface area contributed by atoms with Gasteiger partial charge < -0.3 is 5.32 Å². The van der Waals surface area contributed by atoms with E-state index in [4.69, 9.17) is 11.6 Å². The van der Waals surface area contributed by atoms with Crippen LogP contribution in [0.3, 0.4) is 0 Å². The molecule has 1 atom stereocenters. The van der Waals surface area contributed by atoms with Crippen molar-refractivity contribution in [2.45, 2.75) is 19.4 Å². The van der Waals surface area contributed by atoms with Crippen LogP contribution in [-0.2, 0) is 0 Å². The summed E-state index contributed by atoms with van der Waals surface area (Å²) in [5, 5.41) is 3.84. The number of hydrogen-bond donors (Lipinski definition) is 1. The molecule has 1 fully saturated rings. The molecule has 0 bridgehead atoms. The molecule has 1 aliphatic heterocycles. The lowest BCUT2D eigenvalue weighted by Gasteiger charge is -2.35. The van der Waals surface area contributed by atoms with Crippen molar-refractivity contribution in [3.05, 3.63) is 34.6 Å². The van der Waals surface area contributed by atoms with E-state index in [0.717, 1.165) is 32.6 Å². The Balaban J connectivity index is 0.00000162. The summed E-state index contributed by atoms with van der Waals surface area (Å²) in [5.41, 5.74) is 0.651. The Morgan fingerprint density at radius 3 is 2.47 bits per heavy atom. The maximum atomic E-state index is 13.9. The number of benzene rings is 1. The zero-order valence-electron chi connectivity index (χ0n) is 10.9. The molecular formula is C13H20Cl3FN2. The largest absolute Gasteiger partial charge is 0.314 e. The van der Waals surface area contributed by atoms with E-state index in [9.17, 15) is 4.39 Å². The third-order valence-electron chi connectivity index (χ3n) is 3.31. The minimum Gasteiger partial charge on any atom is -0.314 e. The van der Waals surface area contributed by atoms with Crippen molar-refractivity contribution in [2.24, 2.45) is 0 Å². The van der Waals surface area contributed by atoms with Crippen LogP contribution in [0.2, 0.25) is 5.02 Å². The van der Waals surface area contributed by atoms with Crippen LogP contribution in [0.1, 0.15) is 24.9 Å². The fraction of sp³-hybridized carbons (Fsp3) is 0.538. The maximum absolute atomic E-state index is 13.9. The number of halogens is 4. The minimum atomic E-state index is -0.192. The smallest absolute Gasteiger partial charge is 0.129 e. The van der Waals surface area contributed by atoms with Gasteiger partial charge in [0.15, 0.2) is 0 Å². The van der Waals surface area contributed by atoms with Crippen LogP contribution in [0.15, 0.2) is 18.2 Å². The van der Waals surface area contributed by atoms with Crippen molar-refractivity contribution in [1.82, 2.24) is 10.2 Å². The minimum absolute atomic E-state index is 0. The van der Waals surface area contributed by atoms with Crippen molar-refractivity contribution in [2.75, 3.05) is 26.2 Å². The highest BCUT2D eigenvalue weighted by molar-refractivity contribution is 6.31. The van der Waals surface area contributed by atoms with Gasteiger partial charge in [-0.15, -0.1) is 24.8 Å². The second kappa shape index (κ2) is 8.98. The molecule has 1 aromatic carbocycles. The highest BCUT2D eigenvalue weighted by Gasteiger charge is 2.24. The zero-order valence-corrected chi connectivity index (χ0v) is 13.3. The van der Waals surface area contributed by atoms with Crippen LogP contribution in [0.5, 0.6) is 0 Å². The Hall–Kier alpha value is -0.0600. The highest BCUT2D eigenvalue weighted by Crippen LogP contribution is 2.32. The van der Waals surface area contributed by atoms with Gasteiger partial charge in [-0.25, -0.2) is 4.39 Å². The third kappa shape index (κ3) is 4.47. The van der Waals surface area contributed by atoms with E-state index in [1.54, 1.807) is 12.1 Å². The lowest BCUT2D eigenvalue weighted by molar-refractivity contribution is 0.166. The van der Waals surface area contributed by atoms with Crippen molar-refractivity contribution in [3.63, 3.8) is 0 Å². The Kier molecular flexibility index (Phi) is 8.95. The summed E-state index contributed by atoms with van der Waals surface area (Å²) in [7, 11) is 0. The second-order valence-electron chi connectivity index (χ2n) is 4.35. The molecule has 0 aromatic heterocycles. The van der Waals surface area contributed by atoms with Crippen LogP contribution >= 0.6 is 36.4 Å². The molecule has 1 aliphatic rings. The molecule has 110 valence electrons. The third-order valence-corrected chi connectivity index (χ3v) is 3.64. The predicted octanol–water partition coefficient (Wildman–Crippen LogP) is 3.68. The molecule has 19 heavy (non-hydrogen) atoms. The van der Waals surface area contributed by atoms with Gasteiger partial charge in [0.25, 0.3) is 0 Å². The van der Waals surface area contributed by atoms with Gasteiger partial charge in [-0.3, -0.25) is 4.90 Å². The summed E-state index contributed by atoms with van der Waals surface area (Å²) >= 11 is 6.14. The number of hydrogen-bond acceptors (Lipinski definition) is 2. The first-order valence-electron chi connectivity index (χ1n) is 6.12. The van der Waals surface area contributed by atoms with Crippen LogP contribution in [0, 0.1) is 5.82 Å². The van der Waals surface area contributed by atoms with Crippen molar-refractivity contribution in [1.29, 1.82) is 0 Å². The van der Waals surface area contributed by atoms with E-state index in [-0.39, 0.29) is 36.7 Å². The molecule has 0 radical (unpaired) electrons. The average Bonchev–Trinajstić information content (AvgIpc) is 2.35. The molecule has 1 heterocycles. The summed E-state index contributed by atoms with van der Waals surface area (Å²) < 4.78 is 13.9. The Labute approximate surface area is 131 Å². The molecule has 2 nitrogen and oxygen atoms in total. The molecule has 1 saturated heterocycles. The standard InChI is InChI=1S/C13H18ClFN2.2ClH/c1-2-12(17-8-6-16-7-9-17)13-10(14)4-3-5-11(13)15;;/h3-5,12,16H,2,6-9H2,1H3;2*1H/t12-;;/m1../s1. The zero-order chi connectivity index (χ0) is 12.3. The molecule has 1 N–H and O–H groups in total. The van der Waals surface area contributed by atoms with Gasteiger partial charge in [-0.2, -0.15) is 0 Å². The molecule has 2 rings (SSSR count).